The van der Waals surface area contributed by atoms with E-state index in [4.69, 9.17) is 5.73 Å². The summed E-state index contributed by atoms with van der Waals surface area (Å²) in [5, 5.41) is -0.151. The Bertz CT molecular complexity index is 599. The number of anilines is 1. The normalized spacial score (nSPS) is 12.8. The van der Waals surface area contributed by atoms with Crippen LogP contribution in [0.25, 0.3) is 0 Å². The Morgan fingerprint density at radius 2 is 1.83 bits per heavy atom. The molecule has 4 N–H and O–H groups in total. The molecule has 11 heteroatoms. The van der Waals surface area contributed by atoms with E-state index >= 15 is 0 Å². The third-order valence-corrected chi connectivity index (χ3v) is 4.26. The van der Waals surface area contributed by atoms with Crippen LogP contribution in [0.3, 0.4) is 0 Å². The number of aryl methyl sites for hydroxylation is 1. The molecule has 1 heterocycles. The number of aromatic nitrogens is 2. The molecule has 0 spiro atoms. The second kappa shape index (κ2) is 5.22. The Morgan fingerprint density at radius 1 is 1.28 bits per heavy atom. The molecule has 0 aromatic carbocycles. The van der Waals surface area contributed by atoms with Gasteiger partial charge in [0.1, 0.15) is 0 Å². The Labute approximate surface area is 105 Å². The summed E-state index contributed by atoms with van der Waals surface area (Å²) in [6.45, 7) is -0.129. The first-order valence-corrected chi connectivity index (χ1v) is 8.22. The maximum Gasteiger partial charge on any atom is 0.260 e. The van der Waals surface area contributed by atoms with Gasteiger partial charge in [0.2, 0.25) is 10.0 Å². The number of nitrogen functional groups attached to an aromatic ring is 1. The van der Waals surface area contributed by atoms with Crippen LogP contribution in [0.15, 0.2) is 11.4 Å². The topological polar surface area (TPSA) is 136 Å². The predicted molar refractivity (Wildman–Crippen MR) is 65.7 cm³/mol. The fraction of sp³-hybridized carbons (Fsp3) is 0.571. The maximum absolute atomic E-state index is 11.8. The zero-order valence-electron chi connectivity index (χ0n) is 9.91. The summed E-state index contributed by atoms with van der Waals surface area (Å²) in [7, 11) is -5.65. The van der Waals surface area contributed by atoms with Crippen molar-refractivity contribution in [3.8, 4) is 0 Å². The SMILES string of the molecule is Cn1cnc(N)c1S(=O)(=O)NCCNS(C)(=O)=O. The van der Waals surface area contributed by atoms with Gasteiger partial charge in [0.15, 0.2) is 10.8 Å². The Morgan fingerprint density at radius 3 is 2.28 bits per heavy atom. The van der Waals surface area contributed by atoms with Crippen LogP contribution in [0.2, 0.25) is 0 Å². The van der Waals surface area contributed by atoms with E-state index in [1.165, 1.54) is 17.9 Å². The minimum Gasteiger partial charge on any atom is -0.381 e. The van der Waals surface area contributed by atoms with Gasteiger partial charge < -0.3 is 10.3 Å². The van der Waals surface area contributed by atoms with Crippen molar-refractivity contribution in [1.82, 2.24) is 19.0 Å². The molecule has 1 aromatic rings. The monoisotopic (exact) mass is 297 g/mol. The average molecular weight is 297 g/mol. The summed E-state index contributed by atoms with van der Waals surface area (Å²) in [5.74, 6) is -0.110. The van der Waals surface area contributed by atoms with E-state index in [1.807, 2.05) is 0 Å². The molecule has 18 heavy (non-hydrogen) atoms. The van der Waals surface area contributed by atoms with Crippen molar-refractivity contribution >= 4 is 25.9 Å². The fourth-order valence-electron chi connectivity index (χ4n) is 1.25. The minimum absolute atomic E-state index is 0.0458. The highest BCUT2D eigenvalue weighted by molar-refractivity contribution is 7.89. The third kappa shape index (κ3) is 3.94. The number of nitrogens with one attached hydrogen (secondary N) is 2. The van der Waals surface area contributed by atoms with Crippen LogP contribution in [0.4, 0.5) is 5.82 Å². The molecule has 0 saturated carbocycles. The smallest absolute Gasteiger partial charge is 0.260 e. The van der Waals surface area contributed by atoms with Gasteiger partial charge >= 0.3 is 0 Å². The summed E-state index contributed by atoms with van der Waals surface area (Å²) < 4.78 is 50.8. The number of hydrogen-bond donors (Lipinski definition) is 3. The van der Waals surface area contributed by atoms with E-state index < -0.39 is 20.0 Å². The summed E-state index contributed by atoms with van der Waals surface area (Å²) in [5.41, 5.74) is 5.44. The molecule has 1 aromatic heterocycles. The molecule has 0 aliphatic carbocycles. The first kappa shape index (κ1) is 14.9. The van der Waals surface area contributed by atoms with Crippen molar-refractivity contribution < 1.29 is 16.8 Å². The van der Waals surface area contributed by atoms with Gasteiger partial charge in [-0.3, -0.25) is 0 Å². The Kier molecular flexibility index (Phi) is 4.32. The van der Waals surface area contributed by atoms with Crippen LogP contribution in [0.5, 0.6) is 0 Å². The molecule has 1 rings (SSSR count). The van der Waals surface area contributed by atoms with Crippen LogP contribution in [0.1, 0.15) is 0 Å². The highest BCUT2D eigenvalue weighted by Crippen LogP contribution is 2.14. The van der Waals surface area contributed by atoms with E-state index in [0.717, 1.165) is 6.26 Å². The number of rotatable bonds is 6. The number of imidazole rings is 1. The fourth-order valence-corrected chi connectivity index (χ4v) is 2.99. The van der Waals surface area contributed by atoms with E-state index in [2.05, 4.69) is 14.4 Å². The van der Waals surface area contributed by atoms with Crippen molar-refractivity contribution in [2.75, 3.05) is 25.1 Å². The molecule has 0 saturated heterocycles. The number of nitrogens with two attached hydrogens (primary N) is 1. The molecule has 0 amide bonds. The molecule has 0 aliphatic heterocycles. The van der Waals surface area contributed by atoms with Gasteiger partial charge in [-0.1, -0.05) is 0 Å². The second-order valence-corrected chi connectivity index (χ2v) is 7.13. The Balaban J connectivity index is 2.67. The molecule has 0 aliphatic rings. The van der Waals surface area contributed by atoms with Gasteiger partial charge in [0, 0.05) is 20.1 Å². The molecule has 0 bridgehead atoms. The quantitative estimate of drug-likeness (QED) is 0.511. The maximum atomic E-state index is 11.8. The predicted octanol–water partition coefficient (Wildman–Crippen LogP) is -2.17. The molecule has 0 radical (unpaired) electrons. The largest absolute Gasteiger partial charge is 0.381 e. The van der Waals surface area contributed by atoms with Gasteiger partial charge in [-0.2, -0.15) is 0 Å². The van der Waals surface area contributed by atoms with Crippen LogP contribution < -0.4 is 15.2 Å². The van der Waals surface area contributed by atoms with Crippen molar-refractivity contribution in [3.63, 3.8) is 0 Å². The molecule has 0 atom stereocenters. The molecule has 104 valence electrons. The first-order valence-electron chi connectivity index (χ1n) is 4.84. The molecule has 0 unspecified atom stereocenters. The van der Waals surface area contributed by atoms with Gasteiger partial charge in [-0.05, 0) is 0 Å². The summed E-state index contributed by atoms with van der Waals surface area (Å²) in [6, 6.07) is 0. The second-order valence-electron chi connectivity index (χ2n) is 3.61. The van der Waals surface area contributed by atoms with Gasteiger partial charge in [-0.15, -0.1) is 0 Å². The lowest BCUT2D eigenvalue weighted by Gasteiger charge is -2.07. The summed E-state index contributed by atoms with van der Waals surface area (Å²) in [6.07, 6.45) is 2.26. The average Bonchev–Trinajstić information content (AvgIpc) is 2.52. The van der Waals surface area contributed by atoms with Crippen molar-refractivity contribution in [3.05, 3.63) is 6.33 Å². The number of sulfonamides is 2. The zero-order valence-corrected chi connectivity index (χ0v) is 11.5. The van der Waals surface area contributed by atoms with Crippen LogP contribution in [-0.4, -0.2) is 45.7 Å². The highest BCUT2D eigenvalue weighted by atomic mass is 32.2. The zero-order chi connectivity index (χ0) is 14.0. The van der Waals surface area contributed by atoms with Gasteiger partial charge in [0.05, 0.1) is 12.6 Å². The standard InChI is InChI=1S/C7H15N5O4S2/c1-12-5-9-6(8)7(12)18(15,16)11-4-3-10-17(2,13)14/h5,10-11H,3-4,8H2,1-2H3. The molecular formula is C7H15N5O4S2. The van der Waals surface area contributed by atoms with Crippen LogP contribution in [-0.2, 0) is 27.1 Å². The highest BCUT2D eigenvalue weighted by Gasteiger charge is 2.21. The summed E-state index contributed by atoms with van der Waals surface area (Å²) >= 11 is 0. The van der Waals surface area contributed by atoms with Crippen LogP contribution in [0, 0.1) is 0 Å². The molecule has 9 nitrogen and oxygen atoms in total. The van der Waals surface area contributed by atoms with E-state index in [-0.39, 0.29) is 23.9 Å². The number of hydrogen-bond acceptors (Lipinski definition) is 6. The van der Waals surface area contributed by atoms with Gasteiger partial charge in [-0.25, -0.2) is 31.3 Å². The van der Waals surface area contributed by atoms with Crippen molar-refractivity contribution in [2.45, 2.75) is 5.03 Å². The molecular weight excluding hydrogens is 282 g/mol. The summed E-state index contributed by atoms with van der Waals surface area (Å²) in [4.78, 5) is 3.66. The Hall–Kier alpha value is -1.17. The molecule has 0 fully saturated rings. The lowest BCUT2D eigenvalue weighted by molar-refractivity contribution is 0.566. The first-order chi connectivity index (χ1) is 8.13. The van der Waals surface area contributed by atoms with Crippen LogP contribution >= 0.6 is 0 Å². The minimum atomic E-state index is -3.81. The lowest BCUT2D eigenvalue weighted by Crippen LogP contribution is -2.35. The van der Waals surface area contributed by atoms with Crippen molar-refractivity contribution in [1.29, 1.82) is 0 Å². The van der Waals surface area contributed by atoms with E-state index in [1.54, 1.807) is 0 Å². The van der Waals surface area contributed by atoms with E-state index in [9.17, 15) is 16.8 Å². The third-order valence-electron chi connectivity index (χ3n) is 1.95. The van der Waals surface area contributed by atoms with E-state index in [0.29, 0.717) is 0 Å². The van der Waals surface area contributed by atoms with Gasteiger partial charge in [0.25, 0.3) is 10.0 Å². The lowest BCUT2D eigenvalue weighted by atomic mass is 10.7. The number of nitrogens with zero attached hydrogens (tertiary/aromatic N) is 2. The van der Waals surface area contributed by atoms with Crippen molar-refractivity contribution in [2.24, 2.45) is 7.05 Å².